The molecule has 0 bridgehead atoms. The van der Waals surface area contributed by atoms with Gasteiger partial charge in [-0.25, -0.2) is 13.4 Å². The van der Waals surface area contributed by atoms with Gasteiger partial charge in [0.1, 0.15) is 5.69 Å². The number of sulfonamides is 1. The fourth-order valence-electron chi connectivity index (χ4n) is 3.30. The van der Waals surface area contributed by atoms with Crippen molar-refractivity contribution in [3.63, 3.8) is 0 Å². The summed E-state index contributed by atoms with van der Waals surface area (Å²) in [4.78, 5) is 18.9. The molecule has 0 saturated heterocycles. The average Bonchev–Trinajstić information content (AvgIpc) is 3.33. The molecular weight excluding hydrogens is 368 g/mol. The van der Waals surface area contributed by atoms with Crippen molar-refractivity contribution in [3.8, 4) is 0 Å². The molecule has 1 aliphatic heterocycles. The summed E-state index contributed by atoms with van der Waals surface area (Å²) in [6.07, 6.45) is 8.18. The number of nitrogens with one attached hydrogen (secondary N) is 2. The summed E-state index contributed by atoms with van der Waals surface area (Å²) in [6, 6.07) is 6.92. The van der Waals surface area contributed by atoms with E-state index in [1.165, 1.54) is 23.1 Å². The number of fused-ring (bicyclic) bond motifs is 1. The highest BCUT2D eigenvalue weighted by Gasteiger charge is 2.31. The van der Waals surface area contributed by atoms with Crippen LogP contribution >= 0.6 is 0 Å². The molecule has 0 spiro atoms. The quantitative estimate of drug-likeness (QED) is 0.707. The Morgan fingerprint density at radius 2 is 2.22 bits per heavy atom. The number of hydrogen-bond donors (Lipinski definition) is 2. The molecular formula is C17H18N6O3S. The van der Waals surface area contributed by atoms with Gasteiger partial charge in [0.05, 0.1) is 30.5 Å². The molecule has 3 heterocycles. The molecule has 1 unspecified atom stereocenters. The average molecular weight is 386 g/mol. The van der Waals surface area contributed by atoms with Crippen LogP contribution in [0, 0.1) is 0 Å². The van der Waals surface area contributed by atoms with Gasteiger partial charge in [-0.3, -0.25) is 13.8 Å². The van der Waals surface area contributed by atoms with Gasteiger partial charge in [0.2, 0.25) is 10.0 Å². The molecule has 4 rings (SSSR count). The zero-order valence-corrected chi connectivity index (χ0v) is 15.3. The third-order valence-electron chi connectivity index (χ3n) is 4.51. The predicted octanol–water partition coefficient (Wildman–Crippen LogP) is 1.62. The Morgan fingerprint density at radius 3 is 2.89 bits per heavy atom. The van der Waals surface area contributed by atoms with E-state index in [-0.39, 0.29) is 11.9 Å². The molecule has 1 amide bonds. The highest BCUT2D eigenvalue weighted by atomic mass is 32.2. The van der Waals surface area contributed by atoms with Crippen LogP contribution in [0.1, 0.15) is 28.5 Å². The molecule has 0 aliphatic carbocycles. The maximum absolute atomic E-state index is 12.3. The summed E-state index contributed by atoms with van der Waals surface area (Å²) < 4.78 is 27.6. The summed E-state index contributed by atoms with van der Waals surface area (Å²) in [5.41, 5.74) is 2.30. The van der Waals surface area contributed by atoms with Gasteiger partial charge in [-0.15, -0.1) is 0 Å². The van der Waals surface area contributed by atoms with E-state index in [2.05, 4.69) is 20.4 Å². The number of anilines is 2. The Hall–Kier alpha value is -3.14. The van der Waals surface area contributed by atoms with Gasteiger partial charge in [0.25, 0.3) is 5.91 Å². The van der Waals surface area contributed by atoms with Crippen molar-refractivity contribution < 1.29 is 13.2 Å². The number of benzene rings is 1. The smallest absolute Gasteiger partial charge is 0.273 e. The topological polar surface area (TPSA) is 113 Å². The molecule has 27 heavy (non-hydrogen) atoms. The van der Waals surface area contributed by atoms with Crippen LogP contribution in [0.3, 0.4) is 0 Å². The van der Waals surface area contributed by atoms with Crippen molar-refractivity contribution in [2.75, 3.05) is 22.4 Å². The second-order valence-corrected chi connectivity index (χ2v) is 8.23. The van der Waals surface area contributed by atoms with Crippen LogP contribution in [0.4, 0.5) is 11.4 Å². The first-order valence-corrected chi connectivity index (χ1v) is 10.2. The normalized spacial score (nSPS) is 16.8. The second kappa shape index (κ2) is 6.54. The first kappa shape index (κ1) is 17.3. The zero-order chi connectivity index (χ0) is 19.0. The molecule has 1 atom stereocenters. The number of aromatic amines is 1. The fraction of sp³-hybridized carbons (Fsp3) is 0.235. The van der Waals surface area contributed by atoms with E-state index in [0.29, 0.717) is 30.0 Å². The minimum Gasteiger partial charge on any atom is -0.341 e. The zero-order valence-electron chi connectivity index (χ0n) is 14.5. The largest absolute Gasteiger partial charge is 0.341 e. The van der Waals surface area contributed by atoms with E-state index in [0.717, 1.165) is 5.56 Å². The Balaban J connectivity index is 1.74. The van der Waals surface area contributed by atoms with Crippen LogP contribution in [-0.2, 0) is 10.0 Å². The number of amides is 1. The van der Waals surface area contributed by atoms with Gasteiger partial charge in [0, 0.05) is 30.2 Å². The molecule has 2 N–H and O–H groups in total. The van der Waals surface area contributed by atoms with Crippen molar-refractivity contribution in [2.45, 2.75) is 12.5 Å². The Bertz CT molecular complexity index is 1060. The van der Waals surface area contributed by atoms with E-state index >= 15 is 0 Å². The lowest BCUT2D eigenvalue weighted by molar-refractivity contribution is 0.102. The predicted molar refractivity (Wildman–Crippen MR) is 100 cm³/mol. The minimum absolute atomic E-state index is 0.114. The van der Waals surface area contributed by atoms with E-state index in [1.807, 2.05) is 12.3 Å². The number of nitrogens with zero attached hydrogens (tertiary/aromatic N) is 4. The van der Waals surface area contributed by atoms with Crippen LogP contribution in [0.25, 0.3) is 0 Å². The molecule has 0 fully saturated rings. The summed E-state index contributed by atoms with van der Waals surface area (Å²) in [6.45, 7) is 0.371. The van der Waals surface area contributed by atoms with E-state index in [4.69, 9.17) is 0 Å². The van der Waals surface area contributed by atoms with Crippen molar-refractivity contribution >= 4 is 27.3 Å². The molecule has 1 aromatic carbocycles. The lowest BCUT2D eigenvalue weighted by Gasteiger charge is -2.34. The number of carbonyl (C=O) groups is 1. The van der Waals surface area contributed by atoms with Crippen LogP contribution in [0.2, 0.25) is 0 Å². The van der Waals surface area contributed by atoms with E-state index < -0.39 is 10.0 Å². The van der Waals surface area contributed by atoms with Gasteiger partial charge < -0.3 is 10.3 Å². The monoisotopic (exact) mass is 386 g/mol. The molecule has 140 valence electrons. The Kier molecular flexibility index (Phi) is 4.19. The van der Waals surface area contributed by atoms with Crippen LogP contribution < -0.4 is 9.62 Å². The molecule has 2 aromatic heterocycles. The number of rotatable bonds is 4. The number of aromatic nitrogens is 4. The molecule has 1 aliphatic rings. The van der Waals surface area contributed by atoms with Crippen LogP contribution in [0.5, 0.6) is 0 Å². The number of hydrogen-bond acceptors (Lipinski definition) is 5. The summed E-state index contributed by atoms with van der Waals surface area (Å²) in [5.74, 6) is -0.320. The molecule has 9 nitrogen and oxygen atoms in total. The Labute approximate surface area is 156 Å². The molecule has 0 radical (unpaired) electrons. The first-order chi connectivity index (χ1) is 12.9. The third kappa shape index (κ3) is 3.31. The maximum atomic E-state index is 12.3. The highest BCUT2D eigenvalue weighted by molar-refractivity contribution is 7.92. The third-order valence-corrected chi connectivity index (χ3v) is 5.69. The molecule has 10 heteroatoms. The SMILES string of the molecule is CS(=O)(=O)N1CCC(n2cccn2)c2cc(NC(=O)c3cnc[nH]3)ccc21. The van der Waals surface area contributed by atoms with Crippen LogP contribution in [-0.4, -0.2) is 46.9 Å². The van der Waals surface area contributed by atoms with Gasteiger partial charge in [-0.05, 0) is 30.7 Å². The molecule has 0 saturated carbocycles. The van der Waals surface area contributed by atoms with Crippen LogP contribution in [0.15, 0.2) is 49.2 Å². The van der Waals surface area contributed by atoms with Crippen molar-refractivity contribution in [1.82, 2.24) is 19.7 Å². The second-order valence-electron chi connectivity index (χ2n) is 6.32. The highest BCUT2D eigenvalue weighted by Crippen LogP contribution is 2.38. The summed E-state index contributed by atoms with van der Waals surface area (Å²) >= 11 is 0. The van der Waals surface area contributed by atoms with Gasteiger partial charge >= 0.3 is 0 Å². The van der Waals surface area contributed by atoms with Gasteiger partial charge in [-0.2, -0.15) is 5.10 Å². The van der Waals surface area contributed by atoms with Gasteiger partial charge in [-0.1, -0.05) is 0 Å². The first-order valence-electron chi connectivity index (χ1n) is 8.34. The number of imidazole rings is 1. The van der Waals surface area contributed by atoms with Crippen molar-refractivity contribution in [1.29, 1.82) is 0 Å². The maximum Gasteiger partial charge on any atom is 0.273 e. The van der Waals surface area contributed by atoms with Crippen molar-refractivity contribution in [2.24, 2.45) is 0 Å². The van der Waals surface area contributed by atoms with E-state index in [1.54, 1.807) is 29.1 Å². The number of carbonyl (C=O) groups excluding carboxylic acids is 1. The van der Waals surface area contributed by atoms with E-state index in [9.17, 15) is 13.2 Å². The summed E-state index contributed by atoms with van der Waals surface area (Å²) in [5, 5.41) is 7.11. The lowest BCUT2D eigenvalue weighted by atomic mass is 9.97. The Morgan fingerprint density at radius 1 is 1.37 bits per heavy atom. The number of H-pyrrole nitrogens is 1. The molecule has 3 aromatic rings. The standard InChI is InChI=1S/C17H18N6O3S/c1-27(25,26)23-8-5-15(22-7-2-6-20-22)13-9-12(3-4-16(13)23)21-17(24)14-10-18-11-19-14/h2-4,6-7,9-11,15H,5,8H2,1H3,(H,18,19)(H,21,24). The van der Waals surface area contributed by atoms with Gasteiger partial charge in [0.15, 0.2) is 0 Å². The van der Waals surface area contributed by atoms with Crippen molar-refractivity contribution in [3.05, 3.63) is 60.4 Å². The minimum atomic E-state index is -3.40. The fourth-order valence-corrected chi connectivity index (χ4v) is 4.27. The lowest BCUT2D eigenvalue weighted by Crippen LogP contribution is -2.37. The summed E-state index contributed by atoms with van der Waals surface area (Å²) in [7, 11) is -3.40.